The maximum atomic E-state index is 5.62. The Kier molecular flexibility index (Phi) is 6.93. The molecule has 3 N–H and O–H groups in total. The number of nitrogens with zero attached hydrogens (tertiary/aromatic N) is 3. The van der Waals surface area contributed by atoms with Crippen LogP contribution in [0.25, 0.3) is 0 Å². The van der Waals surface area contributed by atoms with Gasteiger partial charge in [-0.05, 0) is 32.5 Å². The van der Waals surface area contributed by atoms with Gasteiger partial charge in [-0.25, -0.2) is 4.98 Å². The maximum absolute atomic E-state index is 5.62. The first-order valence-electron chi connectivity index (χ1n) is 6.85. The molecule has 0 aliphatic rings. The van der Waals surface area contributed by atoms with Gasteiger partial charge in [-0.2, -0.15) is 0 Å². The lowest BCUT2D eigenvalue weighted by Crippen LogP contribution is -2.38. The van der Waals surface area contributed by atoms with E-state index < -0.39 is 0 Å². The summed E-state index contributed by atoms with van der Waals surface area (Å²) in [6, 6.07) is 0.363. The SMILES string of the molecule is CCN(CC)CCC(CCc1nccn1C)NN. The van der Waals surface area contributed by atoms with Crippen LogP contribution in [0.4, 0.5) is 0 Å². The monoisotopic (exact) mass is 253 g/mol. The number of rotatable bonds is 9. The van der Waals surface area contributed by atoms with Gasteiger partial charge in [-0.3, -0.25) is 11.3 Å². The topological polar surface area (TPSA) is 59.1 Å². The molecular formula is C13H27N5. The minimum Gasteiger partial charge on any atom is -0.338 e. The highest BCUT2D eigenvalue weighted by atomic mass is 15.2. The van der Waals surface area contributed by atoms with Gasteiger partial charge in [0.05, 0.1) is 0 Å². The van der Waals surface area contributed by atoms with Gasteiger partial charge in [0, 0.05) is 31.9 Å². The highest BCUT2D eigenvalue weighted by Crippen LogP contribution is 2.06. The predicted octanol–water partition coefficient (Wildman–Crippen LogP) is 0.917. The Balaban J connectivity index is 2.31. The van der Waals surface area contributed by atoms with Crippen molar-refractivity contribution in [3.63, 3.8) is 0 Å². The molecule has 0 amide bonds. The van der Waals surface area contributed by atoms with Crippen molar-refractivity contribution in [1.29, 1.82) is 0 Å². The Labute approximate surface area is 110 Å². The van der Waals surface area contributed by atoms with Crippen LogP contribution < -0.4 is 11.3 Å². The van der Waals surface area contributed by atoms with Crippen molar-refractivity contribution in [1.82, 2.24) is 19.9 Å². The first-order chi connectivity index (χ1) is 8.71. The molecule has 0 saturated carbocycles. The fourth-order valence-corrected chi connectivity index (χ4v) is 2.13. The molecule has 1 unspecified atom stereocenters. The standard InChI is InChI=1S/C13H27N5/c1-4-18(5-2)10-8-12(16-14)6-7-13-15-9-11-17(13)3/h9,11-12,16H,4-8,10,14H2,1-3H3. The number of hydrogen-bond acceptors (Lipinski definition) is 4. The second-order valence-electron chi connectivity index (χ2n) is 4.67. The lowest BCUT2D eigenvalue weighted by atomic mass is 10.1. The Morgan fingerprint density at radius 3 is 2.61 bits per heavy atom. The molecule has 1 heterocycles. The summed E-state index contributed by atoms with van der Waals surface area (Å²) in [7, 11) is 2.03. The molecule has 0 saturated heterocycles. The number of imidazole rings is 1. The van der Waals surface area contributed by atoms with Gasteiger partial charge in [0.1, 0.15) is 5.82 Å². The predicted molar refractivity (Wildman–Crippen MR) is 75.0 cm³/mol. The highest BCUT2D eigenvalue weighted by Gasteiger charge is 2.10. The van der Waals surface area contributed by atoms with Crippen LogP contribution in [0.15, 0.2) is 12.4 Å². The second kappa shape index (κ2) is 8.24. The molecule has 5 nitrogen and oxygen atoms in total. The van der Waals surface area contributed by atoms with Gasteiger partial charge in [0.15, 0.2) is 0 Å². The summed E-state index contributed by atoms with van der Waals surface area (Å²) in [6.07, 6.45) is 6.91. The summed E-state index contributed by atoms with van der Waals surface area (Å²) in [5.74, 6) is 6.75. The van der Waals surface area contributed by atoms with E-state index in [9.17, 15) is 0 Å². The van der Waals surface area contributed by atoms with Crippen LogP contribution in [-0.2, 0) is 13.5 Å². The van der Waals surface area contributed by atoms with Gasteiger partial charge in [0.25, 0.3) is 0 Å². The van der Waals surface area contributed by atoms with Crippen molar-refractivity contribution in [3.05, 3.63) is 18.2 Å². The number of nitrogens with two attached hydrogens (primary N) is 1. The van der Waals surface area contributed by atoms with Gasteiger partial charge in [0.2, 0.25) is 0 Å². The molecule has 1 atom stereocenters. The van der Waals surface area contributed by atoms with Gasteiger partial charge in [-0.15, -0.1) is 0 Å². The van der Waals surface area contributed by atoms with E-state index in [1.807, 2.05) is 19.4 Å². The van der Waals surface area contributed by atoms with Crippen molar-refractivity contribution >= 4 is 0 Å². The maximum Gasteiger partial charge on any atom is 0.108 e. The number of hydrazine groups is 1. The third-order valence-corrected chi connectivity index (χ3v) is 3.56. The molecule has 1 aromatic heterocycles. The molecule has 0 spiro atoms. The quantitative estimate of drug-likeness (QED) is 0.507. The van der Waals surface area contributed by atoms with Crippen LogP contribution in [0.5, 0.6) is 0 Å². The van der Waals surface area contributed by atoms with Crippen molar-refractivity contribution < 1.29 is 0 Å². The zero-order chi connectivity index (χ0) is 13.4. The third-order valence-electron chi connectivity index (χ3n) is 3.56. The van der Waals surface area contributed by atoms with E-state index in [4.69, 9.17) is 5.84 Å². The minimum atomic E-state index is 0.363. The fraction of sp³-hybridized carbons (Fsp3) is 0.769. The van der Waals surface area contributed by atoms with Crippen LogP contribution in [0, 0.1) is 0 Å². The molecule has 0 bridgehead atoms. The summed E-state index contributed by atoms with van der Waals surface area (Å²) in [5.41, 5.74) is 2.92. The van der Waals surface area contributed by atoms with E-state index in [0.717, 1.165) is 44.7 Å². The Morgan fingerprint density at radius 2 is 2.11 bits per heavy atom. The zero-order valence-electron chi connectivity index (χ0n) is 11.9. The molecular weight excluding hydrogens is 226 g/mol. The van der Waals surface area contributed by atoms with Crippen LogP contribution in [0.2, 0.25) is 0 Å². The van der Waals surface area contributed by atoms with Gasteiger partial charge >= 0.3 is 0 Å². The summed E-state index contributed by atoms with van der Waals surface area (Å²) in [5, 5.41) is 0. The van der Waals surface area contributed by atoms with E-state index >= 15 is 0 Å². The van der Waals surface area contributed by atoms with Gasteiger partial charge < -0.3 is 9.47 Å². The van der Waals surface area contributed by atoms with E-state index in [2.05, 4.69) is 33.7 Å². The van der Waals surface area contributed by atoms with Crippen molar-refractivity contribution in [3.8, 4) is 0 Å². The summed E-state index contributed by atoms with van der Waals surface area (Å²) in [6.45, 7) is 7.70. The molecule has 1 aromatic rings. The first kappa shape index (κ1) is 15.1. The van der Waals surface area contributed by atoms with E-state index in [-0.39, 0.29) is 0 Å². The second-order valence-corrected chi connectivity index (χ2v) is 4.67. The Morgan fingerprint density at radius 1 is 1.39 bits per heavy atom. The number of aryl methyl sites for hydroxylation is 2. The third kappa shape index (κ3) is 4.76. The lowest BCUT2D eigenvalue weighted by Gasteiger charge is -2.22. The fourth-order valence-electron chi connectivity index (χ4n) is 2.13. The van der Waals surface area contributed by atoms with Crippen molar-refractivity contribution in [2.24, 2.45) is 12.9 Å². The Bertz CT molecular complexity index is 319. The smallest absolute Gasteiger partial charge is 0.108 e. The lowest BCUT2D eigenvalue weighted by molar-refractivity contribution is 0.277. The van der Waals surface area contributed by atoms with E-state index in [1.54, 1.807) is 0 Å². The normalized spacial score (nSPS) is 13.2. The van der Waals surface area contributed by atoms with Crippen molar-refractivity contribution in [2.75, 3.05) is 19.6 Å². The molecule has 1 rings (SSSR count). The zero-order valence-corrected chi connectivity index (χ0v) is 11.9. The van der Waals surface area contributed by atoms with E-state index in [0.29, 0.717) is 6.04 Å². The number of aromatic nitrogens is 2. The average molecular weight is 253 g/mol. The molecule has 0 aliphatic carbocycles. The largest absolute Gasteiger partial charge is 0.338 e. The molecule has 0 aromatic carbocycles. The number of nitrogens with one attached hydrogen (secondary N) is 1. The molecule has 104 valence electrons. The summed E-state index contributed by atoms with van der Waals surface area (Å²) in [4.78, 5) is 6.76. The van der Waals surface area contributed by atoms with Gasteiger partial charge in [-0.1, -0.05) is 13.8 Å². The van der Waals surface area contributed by atoms with Crippen molar-refractivity contribution in [2.45, 2.75) is 39.2 Å². The van der Waals surface area contributed by atoms with Crippen LogP contribution in [0.1, 0.15) is 32.5 Å². The molecule has 5 heteroatoms. The van der Waals surface area contributed by atoms with Crippen LogP contribution in [0.3, 0.4) is 0 Å². The van der Waals surface area contributed by atoms with Crippen LogP contribution in [-0.4, -0.2) is 40.1 Å². The summed E-state index contributed by atoms with van der Waals surface area (Å²) >= 11 is 0. The first-order valence-corrected chi connectivity index (χ1v) is 6.85. The molecule has 18 heavy (non-hydrogen) atoms. The molecule has 0 radical (unpaired) electrons. The average Bonchev–Trinajstić information content (AvgIpc) is 2.80. The molecule has 0 aliphatic heterocycles. The Hall–Kier alpha value is -0.910. The van der Waals surface area contributed by atoms with E-state index in [1.165, 1.54) is 0 Å². The van der Waals surface area contributed by atoms with Crippen LogP contribution >= 0.6 is 0 Å². The minimum absolute atomic E-state index is 0.363. The summed E-state index contributed by atoms with van der Waals surface area (Å²) < 4.78 is 2.07. The number of hydrogen-bond donors (Lipinski definition) is 2. The highest BCUT2D eigenvalue weighted by molar-refractivity contribution is 4.92. The molecule has 0 fully saturated rings.